The number of carbonyl (C=O) groups is 2. The maximum absolute atomic E-state index is 13.3. The van der Waals surface area contributed by atoms with Gasteiger partial charge in [-0.1, -0.05) is 60.1 Å². The standard InChI is InChI=1S/C26H24ClNO4/c27-23-10-5-4-9-22(23)19-15-20(25(29)28-13-6-11-24(28)26(30)31)17-21(16-19)32-14-12-18-7-2-1-3-8-18/h1-5,7-10,15-17,24H,6,11-14H2,(H,30,31). The molecule has 0 radical (unpaired) electrons. The summed E-state index contributed by atoms with van der Waals surface area (Å²) in [5.41, 5.74) is 3.09. The molecule has 0 bridgehead atoms. The number of carboxylic acid groups (broad SMARTS) is 1. The lowest BCUT2D eigenvalue weighted by atomic mass is 10.0. The third-order valence-electron chi connectivity index (χ3n) is 5.64. The van der Waals surface area contributed by atoms with Crippen LogP contribution >= 0.6 is 11.6 Å². The van der Waals surface area contributed by atoms with Crippen molar-refractivity contribution in [1.82, 2.24) is 4.90 Å². The molecule has 32 heavy (non-hydrogen) atoms. The number of rotatable bonds is 7. The molecule has 1 atom stereocenters. The zero-order chi connectivity index (χ0) is 22.5. The molecule has 1 aliphatic heterocycles. The quantitative estimate of drug-likeness (QED) is 0.530. The highest BCUT2D eigenvalue weighted by Gasteiger charge is 2.34. The molecule has 1 aliphatic rings. The molecule has 5 nitrogen and oxygen atoms in total. The number of benzene rings is 3. The average molecular weight is 450 g/mol. The number of hydrogen-bond donors (Lipinski definition) is 1. The van der Waals surface area contributed by atoms with Crippen molar-refractivity contribution in [3.8, 4) is 16.9 Å². The van der Waals surface area contributed by atoms with E-state index in [9.17, 15) is 14.7 Å². The molecular formula is C26H24ClNO4. The maximum atomic E-state index is 13.3. The lowest BCUT2D eigenvalue weighted by Crippen LogP contribution is -2.40. The van der Waals surface area contributed by atoms with Crippen molar-refractivity contribution in [3.63, 3.8) is 0 Å². The first-order valence-electron chi connectivity index (χ1n) is 10.6. The molecule has 1 saturated heterocycles. The van der Waals surface area contributed by atoms with Crippen molar-refractivity contribution >= 4 is 23.5 Å². The summed E-state index contributed by atoms with van der Waals surface area (Å²) < 4.78 is 6.01. The van der Waals surface area contributed by atoms with Gasteiger partial charge in [0.15, 0.2) is 0 Å². The lowest BCUT2D eigenvalue weighted by Gasteiger charge is -2.22. The van der Waals surface area contributed by atoms with Crippen LogP contribution in [-0.4, -0.2) is 41.1 Å². The molecule has 1 fully saturated rings. The molecule has 4 rings (SSSR count). The summed E-state index contributed by atoms with van der Waals surface area (Å²) in [6.07, 6.45) is 1.87. The van der Waals surface area contributed by atoms with E-state index < -0.39 is 12.0 Å². The molecular weight excluding hydrogens is 426 g/mol. The summed E-state index contributed by atoms with van der Waals surface area (Å²) in [5, 5.41) is 10.1. The zero-order valence-electron chi connectivity index (χ0n) is 17.5. The number of carboxylic acids is 1. The Labute approximate surface area is 192 Å². The molecule has 3 aromatic rings. The first-order chi connectivity index (χ1) is 15.5. The SMILES string of the molecule is O=C(O)C1CCCN1C(=O)c1cc(OCCc2ccccc2)cc(-c2ccccc2Cl)c1. The Hall–Kier alpha value is -3.31. The number of ether oxygens (including phenoxy) is 1. The van der Waals surface area contributed by atoms with Crippen LogP contribution < -0.4 is 4.74 Å². The Morgan fingerprint density at radius 3 is 2.53 bits per heavy atom. The monoisotopic (exact) mass is 449 g/mol. The molecule has 0 aliphatic carbocycles. The maximum Gasteiger partial charge on any atom is 0.326 e. The van der Waals surface area contributed by atoms with Crippen molar-refractivity contribution in [2.24, 2.45) is 0 Å². The van der Waals surface area contributed by atoms with Crippen molar-refractivity contribution in [1.29, 1.82) is 0 Å². The van der Waals surface area contributed by atoms with E-state index in [2.05, 4.69) is 0 Å². The van der Waals surface area contributed by atoms with Gasteiger partial charge in [-0.05, 0) is 48.2 Å². The smallest absolute Gasteiger partial charge is 0.326 e. The minimum atomic E-state index is -0.975. The number of hydrogen-bond acceptors (Lipinski definition) is 3. The molecule has 164 valence electrons. The summed E-state index contributed by atoms with van der Waals surface area (Å²) in [5.74, 6) is -0.734. The molecule has 1 unspecified atom stereocenters. The largest absolute Gasteiger partial charge is 0.493 e. The molecule has 1 amide bonds. The number of nitrogens with zero attached hydrogens (tertiary/aromatic N) is 1. The fraction of sp³-hybridized carbons (Fsp3) is 0.231. The average Bonchev–Trinajstić information content (AvgIpc) is 3.30. The summed E-state index contributed by atoms with van der Waals surface area (Å²) in [6, 6.07) is 21.9. The fourth-order valence-corrected chi connectivity index (χ4v) is 4.27. The fourth-order valence-electron chi connectivity index (χ4n) is 4.02. The van der Waals surface area contributed by atoms with Crippen LogP contribution in [0.15, 0.2) is 72.8 Å². The Bertz CT molecular complexity index is 1120. The first kappa shape index (κ1) is 21.9. The number of halogens is 1. The number of amides is 1. The van der Waals surface area contributed by atoms with E-state index in [4.69, 9.17) is 16.3 Å². The third-order valence-corrected chi connectivity index (χ3v) is 5.97. The normalized spacial score (nSPS) is 15.5. The van der Waals surface area contributed by atoms with Gasteiger partial charge in [-0.15, -0.1) is 0 Å². The molecule has 6 heteroatoms. The van der Waals surface area contributed by atoms with Crippen LogP contribution in [0.5, 0.6) is 5.75 Å². The van der Waals surface area contributed by atoms with Crippen molar-refractivity contribution < 1.29 is 19.4 Å². The number of likely N-dealkylation sites (tertiary alicyclic amines) is 1. The van der Waals surface area contributed by atoms with Crippen LogP contribution in [0.4, 0.5) is 0 Å². The minimum Gasteiger partial charge on any atom is -0.493 e. The van der Waals surface area contributed by atoms with Gasteiger partial charge in [0, 0.05) is 29.1 Å². The highest BCUT2D eigenvalue weighted by molar-refractivity contribution is 6.33. The topological polar surface area (TPSA) is 66.8 Å². The molecule has 3 aromatic carbocycles. The van der Waals surface area contributed by atoms with Crippen LogP contribution in [0.2, 0.25) is 5.02 Å². The molecule has 1 N–H and O–H groups in total. The predicted octanol–water partition coefficient (Wildman–Crippen LogP) is 5.32. The van der Waals surface area contributed by atoms with Crippen LogP contribution in [0, 0.1) is 0 Å². The van der Waals surface area contributed by atoms with Crippen LogP contribution in [0.25, 0.3) is 11.1 Å². The molecule has 1 heterocycles. The van der Waals surface area contributed by atoms with Crippen LogP contribution in [0.1, 0.15) is 28.8 Å². The summed E-state index contributed by atoms with van der Waals surface area (Å²) >= 11 is 6.41. The second kappa shape index (κ2) is 9.88. The van der Waals surface area contributed by atoms with Crippen molar-refractivity contribution in [3.05, 3.63) is 88.9 Å². The van der Waals surface area contributed by atoms with E-state index in [0.29, 0.717) is 42.3 Å². The molecule has 0 spiro atoms. The summed E-state index contributed by atoms with van der Waals surface area (Å²) in [7, 11) is 0. The highest BCUT2D eigenvalue weighted by Crippen LogP contribution is 2.32. The van der Waals surface area contributed by atoms with E-state index in [1.165, 1.54) is 4.90 Å². The second-order valence-electron chi connectivity index (χ2n) is 7.80. The predicted molar refractivity (Wildman–Crippen MR) is 124 cm³/mol. The minimum absolute atomic E-state index is 0.309. The Morgan fingerprint density at radius 1 is 1.03 bits per heavy atom. The van der Waals surface area contributed by atoms with Gasteiger partial charge in [-0.3, -0.25) is 4.79 Å². The van der Waals surface area contributed by atoms with Crippen LogP contribution in [-0.2, 0) is 11.2 Å². The number of carbonyl (C=O) groups excluding carboxylic acids is 1. The van der Waals surface area contributed by atoms with Gasteiger partial charge < -0.3 is 14.7 Å². The van der Waals surface area contributed by atoms with E-state index in [1.807, 2.05) is 54.6 Å². The molecule has 0 aromatic heterocycles. The van der Waals surface area contributed by atoms with E-state index in [1.54, 1.807) is 18.2 Å². The van der Waals surface area contributed by atoms with Gasteiger partial charge in [0.05, 0.1) is 6.61 Å². The van der Waals surface area contributed by atoms with Gasteiger partial charge in [0.2, 0.25) is 0 Å². The molecule has 0 saturated carbocycles. The third kappa shape index (κ3) is 4.94. The highest BCUT2D eigenvalue weighted by atomic mass is 35.5. The van der Waals surface area contributed by atoms with Crippen LogP contribution in [0.3, 0.4) is 0 Å². The second-order valence-corrected chi connectivity index (χ2v) is 8.21. The van der Waals surface area contributed by atoms with Crippen molar-refractivity contribution in [2.75, 3.05) is 13.2 Å². The van der Waals surface area contributed by atoms with Gasteiger partial charge in [-0.2, -0.15) is 0 Å². The number of aliphatic carboxylic acids is 1. The van der Waals surface area contributed by atoms with Crippen molar-refractivity contribution in [2.45, 2.75) is 25.3 Å². The van der Waals surface area contributed by atoms with E-state index >= 15 is 0 Å². The lowest BCUT2D eigenvalue weighted by molar-refractivity contribution is -0.141. The summed E-state index contributed by atoms with van der Waals surface area (Å²) in [4.78, 5) is 26.3. The summed E-state index contributed by atoms with van der Waals surface area (Å²) in [6.45, 7) is 0.876. The van der Waals surface area contributed by atoms with Gasteiger partial charge in [0.1, 0.15) is 11.8 Å². The van der Waals surface area contributed by atoms with Gasteiger partial charge in [-0.25, -0.2) is 4.79 Å². The Kier molecular flexibility index (Phi) is 6.76. The van der Waals surface area contributed by atoms with E-state index in [0.717, 1.165) is 23.1 Å². The van der Waals surface area contributed by atoms with Gasteiger partial charge in [0.25, 0.3) is 5.91 Å². The first-order valence-corrected chi connectivity index (χ1v) is 11.0. The van der Waals surface area contributed by atoms with Gasteiger partial charge >= 0.3 is 5.97 Å². The van der Waals surface area contributed by atoms with E-state index in [-0.39, 0.29) is 5.91 Å². The Morgan fingerprint density at radius 2 is 1.78 bits per heavy atom. The zero-order valence-corrected chi connectivity index (χ0v) is 18.3. The Balaban J connectivity index is 1.63.